The first-order chi connectivity index (χ1) is 14.6. The second-order valence-corrected chi connectivity index (χ2v) is 8.72. The Morgan fingerprint density at radius 2 is 2.00 bits per heavy atom. The van der Waals surface area contributed by atoms with Crippen molar-refractivity contribution in [2.45, 2.75) is 32.2 Å². The van der Waals surface area contributed by atoms with Crippen LogP contribution < -0.4 is 0 Å². The lowest BCUT2D eigenvalue weighted by Gasteiger charge is -2.37. The Labute approximate surface area is 187 Å². The number of hydrogen-bond donors (Lipinski definition) is 1. The van der Waals surface area contributed by atoms with E-state index in [2.05, 4.69) is 59.3 Å². The molecule has 3 aromatic rings. The molecule has 0 bridgehead atoms. The maximum atomic E-state index is 6.30. The fourth-order valence-electron chi connectivity index (χ4n) is 4.39. The van der Waals surface area contributed by atoms with Gasteiger partial charge < -0.3 is 14.6 Å². The number of rotatable bonds is 2. The first kappa shape index (κ1) is 19.4. The normalized spacial score (nSPS) is 18.3. The van der Waals surface area contributed by atoms with Crippen LogP contribution in [0.25, 0.3) is 10.9 Å². The number of halogens is 1. The van der Waals surface area contributed by atoms with Gasteiger partial charge in [0.05, 0.1) is 6.04 Å². The third kappa shape index (κ3) is 3.55. The number of aromatic amines is 1. The highest BCUT2D eigenvalue weighted by Crippen LogP contribution is 2.39. The largest absolute Gasteiger partial charge is 0.436 e. The minimum absolute atomic E-state index is 0.0206. The number of hydrogen-bond acceptors (Lipinski definition) is 2. The molecular formula is C25H23ClN2OS. The Balaban J connectivity index is 1.58. The van der Waals surface area contributed by atoms with Crippen molar-refractivity contribution in [3.05, 3.63) is 93.9 Å². The van der Waals surface area contributed by atoms with E-state index < -0.39 is 0 Å². The van der Waals surface area contributed by atoms with Crippen LogP contribution in [0.3, 0.4) is 0 Å². The summed E-state index contributed by atoms with van der Waals surface area (Å²) >= 11 is 12.1. The van der Waals surface area contributed by atoms with E-state index in [0.717, 1.165) is 42.1 Å². The molecule has 1 aliphatic carbocycles. The van der Waals surface area contributed by atoms with Gasteiger partial charge in [0.25, 0.3) is 5.17 Å². The average Bonchev–Trinajstić information content (AvgIpc) is 3.12. The molecule has 1 aromatic heterocycles. The molecule has 0 amide bonds. The maximum absolute atomic E-state index is 6.30. The maximum Gasteiger partial charge on any atom is 0.265 e. The standard InChI is InChI=1S/C25H23ClN2OS/c1-16-7-9-17(10-8-16)24-23-20(21-15-18(26)11-12-22(21)27-23)13-14-28(24)25(30)29-19-5-3-2-4-6-19/h2-3,5,7-12,15,24,27H,4,6,13-14H2,1H3. The number of benzene rings is 2. The van der Waals surface area contributed by atoms with E-state index in [1.165, 1.54) is 27.8 Å². The molecule has 1 unspecified atom stereocenters. The minimum Gasteiger partial charge on any atom is -0.436 e. The summed E-state index contributed by atoms with van der Waals surface area (Å²) in [6.45, 7) is 2.91. The summed E-state index contributed by atoms with van der Waals surface area (Å²) in [5.41, 5.74) is 6.03. The number of aromatic nitrogens is 1. The van der Waals surface area contributed by atoms with Gasteiger partial charge in [0.2, 0.25) is 0 Å². The molecule has 5 heteroatoms. The van der Waals surface area contributed by atoms with Crippen LogP contribution in [0.2, 0.25) is 5.02 Å². The molecule has 2 aliphatic rings. The SMILES string of the molecule is Cc1ccc(C2c3[nH]c4ccc(Cl)cc4c3CCN2C(=S)OC2=CC=CCC2)cc1. The molecule has 1 atom stereocenters. The second kappa shape index (κ2) is 7.93. The topological polar surface area (TPSA) is 28.3 Å². The smallest absolute Gasteiger partial charge is 0.265 e. The van der Waals surface area contributed by atoms with E-state index >= 15 is 0 Å². The van der Waals surface area contributed by atoms with Crippen molar-refractivity contribution in [3.63, 3.8) is 0 Å². The van der Waals surface area contributed by atoms with E-state index in [1.807, 2.05) is 18.2 Å². The number of nitrogens with one attached hydrogen (secondary N) is 1. The summed E-state index contributed by atoms with van der Waals surface area (Å²) in [7, 11) is 0. The Bertz CT molecular complexity index is 1180. The average molecular weight is 435 g/mol. The summed E-state index contributed by atoms with van der Waals surface area (Å²) in [4.78, 5) is 5.86. The third-order valence-corrected chi connectivity index (χ3v) is 6.46. The van der Waals surface area contributed by atoms with Crippen LogP contribution in [0.4, 0.5) is 0 Å². The number of thiocarbonyl (C=S) groups is 1. The summed E-state index contributed by atoms with van der Waals surface area (Å²) < 4.78 is 6.15. The molecule has 3 nitrogen and oxygen atoms in total. The number of ether oxygens (including phenoxy) is 1. The predicted octanol–water partition coefficient (Wildman–Crippen LogP) is 6.61. The van der Waals surface area contributed by atoms with E-state index in [9.17, 15) is 0 Å². The zero-order valence-electron chi connectivity index (χ0n) is 16.8. The molecule has 0 spiro atoms. The molecule has 0 radical (unpaired) electrons. The van der Waals surface area contributed by atoms with Crippen molar-refractivity contribution < 1.29 is 4.74 Å². The van der Waals surface area contributed by atoms with Crippen molar-refractivity contribution >= 4 is 39.9 Å². The molecule has 2 heterocycles. The summed E-state index contributed by atoms with van der Waals surface area (Å²) in [6.07, 6.45) is 8.96. The number of allylic oxidation sites excluding steroid dienone is 4. The summed E-state index contributed by atoms with van der Waals surface area (Å²) in [5.74, 6) is 0.930. The second-order valence-electron chi connectivity index (χ2n) is 7.93. The van der Waals surface area contributed by atoms with Crippen LogP contribution in [-0.2, 0) is 11.2 Å². The Hall–Kier alpha value is -2.56. The van der Waals surface area contributed by atoms with Gasteiger partial charge in [-0.05, 0) is 67.4 Å². The Morgan fingerprint density at radius 3 is 2.77 bits per heavy atom. The number of H-pyrrole nitrogens is 1. The van der Waals surface area contributed by atoms with Crippen LogP contribution in [0.15, 0.2) is 66.5 Å². The van der Waals surface area contributed by atoms with Crippen molar-refractivity contribution in [1.29, 1.82) is 0 Å². The van der Waals surface area contributed by atoms with Gasteiger partial charge in [-0.2, -0.15) is 0 Å². The molecule has 0 saturated carbocycles. The zero-order chi connectivity index (χ0) is 20.7. The third-order valence-electron chi connectivity index (χ3n) is 5.91. The van der Waals surface area contributed by atoms with Gasteiger partial charge in [-0.1, -0.05) is 53.6 Å². The van der Waals surface area contributed by atoms with Crippen LogP contribution in [-0.4, -0.2) is 21.6 Å². The highest BCUT2D eigenvalue weighted by Gasteiger charge is 2.34. The lowest BCUT2D eigenvalue weighted by atomic mass is 9.92. The minimum atomic E-state index is -0.0206. The van der Waals surface area contributed by atoms with Gasteiger partial charge in [0.15, 0.2) is 0 Å². The first-order valence-corrected chi connectivity index (χ1v) is 11.1. The van der Waals surface area contributed by atoms with Gasteiger partial charge >= 0.3 is 0 Å². The van der Waals surface area contributed by atoms with Gasteiger partial charge in [-0.25, -0.2) is 0 Å². The highest BCUT2D eigenvalue weighted by molar-refractivity contribution is 7.80. The fraction of sp³-hybridized carbons (Fsp3) is 0.240. The monoisotopic (exact) mass is 434 g/mol. The Kier molecular flexibility index (Phi) is 5.13. The number of fused-ring (bicyclic) bond motifs is 3. The van der Waals surface area contributed by atoms with Gasteiger partial charge in [0.1, 0.15) is 5.76 Å². The van der Waals surface area contributed by atoms with E-state index in [1.54, 1.807) is 0 Å². The van der Waals surface area contributed by atoms with Gasteiger partial charge in [-0.3, -0.25) is 0 Å². The number of aryl methyl sites for hydroxylation is 1. The molecular weight excluding hydrogens is 412 g/mol. The molecule has 5 rings (SSSR count). The Morgan fingerprint density at radius 1 is 1.17 bits per heavy atom. The molecule has 152 valence electrons. The number of nitrogens with zero attached hydrogens (tertiary/aromatic N) is 1. The predicted molar refractivity (Wildman–Crippen MR) is 127 cm³/mol. The van der Waals surface area contributed by atoms with Gasteiger partial charge in [0, 0.05) is 34.6 Å². The first-order valence-electron chi connectivity index (χ1n) is 10.3. The molecule has 1 aliphatic heterocycles. The van der Waals surface area contributed by atoms with Crippen LogP contribution in [0.1, 0.15) is 41.3 Å². The molecule has 1 N–H and O–H groups in total. The van der Waals surface area contributed by atoms with Crippen molar-refractivity contribution in [1.82, 2.24) is 9.88 Å². The molecule has 0 fully saturated rings. The lowest BCUT2D eigenvalue weighted by Crippen LogP contribution is -2.40. The quantitative estimate of drug-likeness (QED) is 0.460. The van der Waals surface area contributed by atoms with Crippen LogP contribution in [0, 0.1) is 6.92 Å². The van der Waals surface area contributed by atoms with E-state index in [4.69, 9.17) is 28.6 Å². The molecule has 0 saturated heterocycles. The molecule has 30 heavy (non-hydrogen) atoms. The summed E-state index contributed by atoms with van der Waals surface area (Å²) in [5, 5.41) is 2.49. The summed E-state index contributed by atoms with van der Waals surface area (Å²) in [6, 6.07) is 14.7. The highest BCUT2D eigenvalue weighted by atomic mass is 35.5. The zero-order valence-corrected chi connectivity index (χ0v) is 18.4. The van der Waals surface area contributed by atoms with Crippen LogP contribution >= 0.6 is 23.8 Å². The van der Waals surface area contributed by atoms with Crippen molar-refractivity contribution in [3.8, 4) is 0 Å². The van der Waals surface area contributed by atoms with Crippen molar-refractivity contribution in [2.24, 2.45) is 0 Å². The fourth-order valence-corrected chi connectivity index (χ4v) is 4.86. The van der Waals surface area contributed by atoms with E-state index in [-0.39, 0.29) is 6.04 Å². The van der Waals surface area contributed by atoms with Crippen molar-refractivity contribution in [2.75, 3.05) is 6.54 Å². The molecule has 2 aromatic carbocycles. The van der Waals surface area contributed by atoms with Crippen LogP contribution in [0.5, 0.6) is 0 Å². The van der Waals surface area contributed by atoms with E-state index in [0.29, 0.717) is 5.17 Å². The lowest BCUT2D eigenvalue weighted by molar-refractivity contribution is 0.252. The van der Waals surface area contributed by atoms with Gasteiger partial charge in [-0.15, -0.1) is 0 Å².